The fourth-order valence-corrected chi connectivity index (χ4v) is 1.49. The van der Waals surface area contributed by atoms with Crippen LogP contribution in [0.2, 0.25) is 0 Å². The van der Waals surface area contributed by atoms with Crippen LogP contribution in [0.25, 0.3) is 5.57 Å². The lowest BCUT2D eigenvalue weighted by Gasteiger charge is -2.01. The second kappa shape index (κ2) is 3.20. The number of thiol groups is 1. The third-order valence-corrected chi connectivity index (χ3v) is 2.31. The maximum absolute atomic E-state index is 4.24. The van der Waals surface area contributed by atoms with E-state index in [1.165, 1.54) is 11.1 Å². The molecule has 1 aromatic rings. The molecule has 60 valence electrons. The minimum Gasteiger partial charge on any atom is -0.143 e. The van der Waals surface area contributed by atoms with Crippen LogP contribution in [0.4, 0.5) is 0 Å². The van der Waals surface area contributed by atoms with Crippen molar-refractivity contribution < 1.29 is 0 Å². The van der Waals surface area contributed by atoms with E-state index in [1.807, 2.05) is 12.1 Å². The monoisotopic (exact) mass is 174 g/mol. The Labute approximate surface area is 78.0 Å². The number of allylic oxidation sites excluding steroid dienone is 4. The van der Waals surface area contributed by atoms with Crippen LogP contribution in [-0.2, 0) is 0 Å². The van der Waals surface area contributed by atoms with Gasteiger partial charge in [0.2, 0.25) is 0 Å². The van der Waals surface area contributed by atoms with Gasteiger partial charge in [0.1, 0.15) is 0 Å². The predicted octanol–water partition coefficient (Wildman–Crippen LogP) is 3.32. The highest BCUT2D eigenvalue weighted by Crippen LogP contribution is 2.23. The lowest BCUT2D eigenvalue weighted by Crippen LogP contribution is -1.79. The molecule has 0 bridgehead atoms. The van der Waals surface area contributed by atoms with Crippen molar-refractivity contribution in [3.05, 3.63) is 48.1 Å². The normalized spacial score (nSPS) is 14.9. The molecular formula is C11H10S. The number of rotatable bonds is 1. The zero-order valence-corrected chi connectivity index (χ0v) is 7.59. The van der Waals surface area contributed by atoms with Crippen LogP contribution in [-0.4, -0.2) is 0 Å². The van der Waals surface area contributed by atoms with Crippen molar-refractivity contribution >= 4 is 18.2 Å². The van der Waals surface area contributed by atoms with Gasteiger partial charge in [0, 0.05) is 4.90 Å². The van der Waals surface area contributed by atoms with Gasteiger partial charge in [-0.1, -0.05) is 30.4 Å². The highest BCUT2D eigenvalue weighted by atomic mass is 32.1. The Morgan fingerprint density at radius 1 is 1.08 bits per heavy atom. The first kappa shape index (κ1) is 7.69. The Morgan fingerprint density at radius 2 is 1.83 bits per heavy atom. The van der Waals surface area contributed by atoms with Crippen LogP contribution in [0.15, 0.2) is 47.4 Å². The Hall–Kier alpha value is -0.950. The van der Waals surface area contributed by atoms with Crippen molar-refractivity contribution in [1.82, 2.24) is 0 Å². The van der Waals surface area contributed by atoms with Gasteiger partial charge in [0.15, 0.2) is 0 Å². The van der Waals surface area contributed by atoms with E-state index >= 15 is 0 Å². The van der Waals surface area contributed by atoms with E-state index in [4.69, 9.17) is 0 Å². The molecule has 12 heavy (non-hydrogen) atoms. The summed E-state index contributed by atoms with van der Waals surface area (Å²) in [4.78, 5) is 1.02. The van der Waals surface area contributed by atoms with E-state index in [1.54, 1.807) is 0 Å². The van der Waals surface area contributed by atoms with E-state index in [0.717, 1.165) is 11.3 Å². The van der Waals surface area contributed by atoms with Crippen molar-refractivity contribution in [2.24, 2.45) is 0 Å². The number of hydrogen-bond acceptors (Lipinski definition) is 1. The summed E-state index contributed by atoms with van der Waals surface area (Å²) >= 11 is 4.24. The average molecular weight is 174 g/mol. The standard InChI is InChI=1S/C11H10S/c12-11-7-5-10(6-8-11)9-3-1-2-4-9/h1-3,5-8,12H,4H2. The Balaban J connectivity index is 2.30. The number of hydrogen-bond donors (Lipinski definition) is 1. The molecule has 0 fully saturated rings. The molecule has 0 radical (unpaired) electrons. The van der Waals surface area contributed by atoms with Crippen LogP contribution >= 0.6 is 12.6 Å². The molecule has 0 nitrogen and oxygen atoms in total. The first-order valence-corrected chi connectivity index (χ1v) is 4.46. The summed E-state index contributed by atoms with van der Waals surface area (Å²) in [6.45, 7) is 0. The topological polar surface area (TPSA) is 0 Å². The average Bonchev–Trinajstić information content (AvgIpc) is 2.58. The highest BCUT2D eigenvalue weighted by molar-refractivity contribution is 7.80. The summed E-state index contributed by atoms with van der Waals surface area (Å²) in [6.07, 6.45) is 7.49. The Morgan fingerprint density at radius 3 is 2.42 bits per heavy atom. The van der Waals surface area contributed by atoms with Gasteiger partial charge in [-0.15, -0.1) is 12.6 Å². The fourth-order valence-electron chi connectivity index (χ4n) is 1.34. The maximum atomic E-state index is 4.24. The van der Waals surface area contributed by atoms with Gasteiger partial charge in [-0.25, -0.2) is 0 Å². The Kier molecular flexibility index (Phi) is 2.05. The molecular weight excluding hydrogens is 164 g/mol. The SMILES string of the molecule is Sc1ccc(C2=CC=CC2)cc1. The third-order valence-electron chi connectivity index (χ3n) is 2.01. The largest absolute Gasteiger partial charge is 0.143 e. The second-order valence-corrected chi connectivity index (χ2v) is 3.39. The fraction of sp³-hybridized carbons (Fsp3) is 0.0909. The van der Waals surface area contributed by atoms with E-state index in [2.05, 4.69) is 43.0 Å². The minimum atomic E-state index is 1.02. The van der Waals surface area contributed by atoms with Gasteiger partial charge in [-0.2, -0.15) is 0 Å². The zero-order chi connectivity index (χ0) is 8.39. The summed E-state index contributed by atoms with van der Waals surface area (Å²) in [5.74, 6) is 0. The van der Waals surface area contributed by atoms with Gasteiger partial charge in [-0.05, 0) is 29.7 Å². The highest BCUT2D eigenvalue weighted by Gasteiger charge is 2.01. The molecule has 0 unspecified atom stereocenters. The van der Waals surface area contributed by atoms with Crippen molar-refractivity contribution in [1.29, 1.82) is 0 Å². The molecule has 2 rings (SSSR count). The molecule has 0 heterocycles. The summed E-state index contributed by atoms with van der Waals surface area (Å²) in [5.41, 5.74) is 2.70. The van der Waals surface area contributed by atoms with Crippen molar-refractivity contribution in [3.63, 3.8) is 0 Å². The van der Waals surface area contributed by atoms with Crippen LogP contribution in [0, 0.1) is 0 Å². The first-order chi connectivity index (χ1) is 5.86. The quantitative estimate of drug-likeness (QED) is 0.620. The van der Waals surface area contributed by atoms with Gasteiger partial charge in [0.25, 0.3) is 0 Å². The second-order valence-electron chi connectivity index (χ2n) is 2.87. The van der Waals surface area contributed by atoms with Crippen molar-refractivity contribution in [2.75, 3.05) is 0 Å². The molecule has 1 aliphatic rings. The summed E-state index contributed by atoms with van der Waals surface area (Å²) in [7, 11) is 0. The van der Waals surface area contributed by atoms with Crippen LogP contribution in [0.3, 0.4) is 0 Å². The maximum Gasteiger partial charge on any atom is 0.00403 e. The van der Waals surface area contributed by atoms with Crippen molar-refractivity contribution in [2.45, 2.75) is 11.3 Å². The van der Waals surface area contributed by atoms with Gasteiger partial charge in [0.05, 0.1) is 0 Å². The molecule has 0 aromatic heterocycles. The van der Waals surface area contributed by atoms with E-state index in [0.29, 0.717) is 0 Å². The summed E-state index contributed by atoms with van der Waals surface area (Å²) < 4.78 is 0. The van der Waals surface area contributed by atoms with E-state index in [-0.39, 0.29) is 0 Å². The van der Waals surface area contributed by atoms with Crippen LogP contribution < -0.4 is 0 Å². The zero-order valence-electron chi connectivity index (χ0n) is 6.70. The molecule has 0 saturated heterocycles. The van der Waals surface area contributed by atoms with Crippen LogP contribution in [0.5, 0.6) is 0 Å². The smallest absolute Gasteiger partial charge is 0.00403 e. The van der Waals surface area contributed by atoms with Crippen molar-refractivity contribution in [3.8, 4) is 0 Å². The molecule has 0 aliphatic heterocycles. The number of benzene rings is 1. The van der Waals surface area contributed by atoms with Gasteiger partial charge >= 0.3 is 0 Å². The first-order valence-electron chi connectivity index (χ1n) is 4.01. The summed E-state index contributed by atoms with van der Waals surface area (Å²) in [5, 5.41) is 0. The lowest BCUT2D eigenvalue weighted by molar-refractivity contribution is 1.39. The minimum absolute atomic E-state index is 1.02. The predicted molar refractivity (Wildman–Crippen MR) is 55.4 cm³/mol. The molecule has 0 N–H and O–H groups in total. The molecule has 0 saturated carbocycles. The summed E-state index contributed by atoms with van der Waals surface area (Å²) in [6, 6.07) is 8.28. The third kappa shape index (κ3) is 1.46. The molecule has 1 aromatic carbocycles. The molecule has 1 heteroatoms. The molecule has 1 aliphatic carbocycles. The van der Waals surface area contributed by atoms with Gasteiger partial charge in [-0.3, -0.25) is 0 Å². The molecule has 0 amide bonds. The van der Waals surface area contributed by atoms with E-state index < -0.39 is 0 Å². The molecule has 0 spiro atoms. The van der Waals surface area contributed by atoms with E-state index in [9.17, 15) is 0 Å². The molecule has 0 atom stereocenters. The van der Waals surface area contributed by atoms with Crippen LogP contribution in [0.1, 0.15) is 12.0 Å². The van der Waals surface area contributed by atoms with Gasteiger partial charge < -0.3 is 0 Å². The Bertz CT molecular complexity index is 331. The lowest BCUT2D eigenvalue weighted by atomic mass is 10.1.